The Bertz CT molecular complexity index is 1450. The normalized spacial score (nSPS) is 21.1. The molecule has 2 amide bonds. The number of amides is 2. The lowest BCUT2D eigenvalue weighted by atomic mass is 9.90. The average molecular weight is 628 g/mol. The fraction of sp³-hybridized carbons (Fsp3) is 0.394. The van der Waals surface area contributed by atoms with Gasteiger partial charge in [0.05, 0.1) is 37.8 Å². The van der Waals surface area contributed by atoms with Gasteiger partial charge in [-0.1, -0.05) is 60.2 Å². The second-order valence-electron chi connectivity index (χ2n) is 11.2. The van der Waals surface area contributed by atoms with Crippen LogP contribution in [0.25, 0.3) is 0 Å². The van der Waals surface area contributed by atoms with Crippen LogP contribution in [0.15, 0.2) is 77.7 Å². The lowest BCUT2D eigenvalue weighted by Gasteiger charge is -2.37. The SMILES string of the molecule is Cc1ccc(S[C@]2(C(=O)NCCN3CCOCC3)CC(=O)N(Cc3ccccc3C(F)(F)F)[C@@H]2c2ccc(CO)cc2)cc1. The van der Waals surface area contributed by atoms with E-state index in [9.17, 15) is 27.9 Å². The highest BCUT2D eigenvalue weighted by molar-refractivity contribution is 8.01. The second kappa shape index (κ2) is 13.7. The van der Waals surface area contributed by atoms with E-state index in [-0.39, 0.29) is 31.0 Å². The third-order valence-electron chi connectivity index (χ3n) is 8.15. The van der Waals surface area contributed by atoms with Crippen molar-refractivity contribution in [2.75, 3.05) is 39.4 Å². The Morgan fingerprint density at radius 3 is 2.39 bits per heavy atom. The van der Waals surface area contributed by atoms with Crippen LogP contribution in [0.5, 0.6) is 0 Å². The van der Waals surface area contributed by atoms with Crippen molar-refractivity contribution in [1.82, 2.24) is 15.1 Å². The minimum atomic E-state index is -4.61. The number of hydrogen-bond donors (Lipinski definition) is 2. The predicted molar refractivity (Wildman–Crippen MR) is 162 cm³/mol. The zero-order valence-electron chi connectivity index (χ0n) is 24.5. The predicted octanol–water partition coefficient (Wildman–Crippen LogP) is 4.96. The zero-order chi connectivity index (χ0) is 31.3. The maximum absolute atomic E-state index is 14.4. The molecule has 3 aromatic rings. The summed E-state index contributed by atoms with van der Waals surface area (Å²) in [4.78, 5) is 32.7. The molecule has 0 unspecified atom stereocenters. The van der Waals surface area contributed by atoms with Gasteiger partial charge in [-0.05, 0) is 41.8 Å². The van der Waals surface area contributed by atoms with Crippen molar-refractivity contribution in [3.63, 3.8) is 0 Å². The second-order valence-corrected chi connectivity index (χ2v) is 12.6. The zero-order valence-corrected chi connectivity index (χ0v) is 25.3. The Kier molecular flexibility index (Phi) is 9.99. The minimum absolute atomic E-state index is 0.0470. The van der Waals surface area contributed by atoms with Gasteiger partial charge in [-0.15, -0.1) is 11.8 Å². The van der Waals surface area contributed by atoms with Crippen LogP contribution in [-0.4, -0.2) is 70.9 Å². The van der Waals surface area contributed by atoms with Crippen LogP contribution in [0.3, 0.4) is 0 Å². The summed E-state index contributed by atoms with van der Waals surface area (Å²) in [6.45, 7) is 5.13. The van der Waals surface area contributed by atoms with Gasteiger partial charge in [-0.25, -0.2) is 0 Å². The van der Waals surface area contributed by atoms with Crippen molar-refractivity contribution >= 4 is 23.6 Å². The molecule has 2 N–H and O–H groups in total. The number of thioether (sulfide) groups is 1. The first-order valence-electron chi connectivity index (χ1n) is 14.6. The number of morpholine rings is 1. The highest BCUT2D eigenvalue weighted by Crippen LogP contribution is 2.53. The van der Waals surface area contributed by atoms with Gasteiger partial charge in [-0.2, -0.15) is 13.2 Å². The van der Waals surface area contributed by atoms with E-state index < -0.39 is 28.4 Å². The van der Waals surface area contributed by atoms with Gasteiger partial charge in [0.25, 0.3) is 0 Å². The standard InChI is InChI=1S/C33H36F3N3O4S/c1-23-6-12-27(13-7-23)44-32(31(42)37-14-15-38-16-18-43-19-17-38)20-29(41)39(30(32)25-10-8-24(22-40)9-11-25)21-26-4-2-3-5-28(26)33(34,35)36/h2-13,30,40H,14-22H2,1H3,(H,37,42)/t30-,32-/m1/s1. The van der Waals surface area contributed by atoms with Gasteiger partial charge in [-0.3, -0.25) is 14.5 Å². The summed E-state index contributed by atoms with van der Waals surface area (Å²) >= 11 is 1.26. The molecule has 0 aromatic heterocycles. The van der Waals surface area contributed by atoms with Gasteiger partial charge in [0, 0.05) is 37.6 Å². The lowest BCUT2D eigenvalue weighted by molar-refractivity contribution is -0.139. The van der Waals surface area contributed by atoms with E-state index in [1.165, 1.54) is 34.9 Å². The monoisotopic (exact) mass is 627 g/mol. The van der Waals surface area contributed by atoms with Crippen molar-refractivity contribution in [3.05, 3.63) is 101 Å². The molecule has 0 bridgehead atoms. The number of alkyl halides is 3. The fourth-order valence-corrected chi connectivity index (χ4v) is 7.26. The largest absolute Gasteiger partial charge is 0.416 e. The smallest absolute Gasteiger partial charge is 0.392 e. The Balaban J connectivity index is 1.56. The number of carbonyl (C=O) groups is 2. The molecular formula is C33H36F3N3O4S. The Hall–Kier alpha value is -3.38. The average Bonchev–Trinajstić information content (AvgIpc) is 3.29. The minimum Gasteiger partial charge on any atom is -0.392 e. The topological polar surface area (TPSA) is 82.1 Å². The molecule has 2 atom stereocenters. The molecule has 0 spiro atoms. The van der Waals surface area contributed by atoms with Crippen molar-refractivity contribution in [2.45, 2.75) is 48.4 Å². The van der Waals surface area contributed by atoms with E-state index in [2.05, 4.69) is 10.2 Å². The van der Waals surface area contributed by atoms with E-state index in [1.807, 2.05) is 31.2 Å². The molecule has 0 saturated carbocycles. The quantitative estimate of drug-likeness (QED) is 0.331. The van der Waals surface area contributed by atoms with Crippen molar-refractivity contribution in [3.8, 4) is 0 Å². The number of aryl methyl sites for hydroxylation is 1. The maximum Gasteiger partial charge on any atom is 0.416 e. The number of hydrogen-bond acceptors (Lipinski definition) is 6. The number of nitrogens with one attached hydrogen (secondary N) is 1. The molecule has 234 valence electrons. The van der Waals surface area contributed by atoms with Crippen LogP contribution in [0.2, 0.25) is 0 Å². The first-order valence-corrected chi connectivity index (χ1v) is 15.4. The first-order chi connectivity index (χ1) is 21.1. The van der Waals surface area contributed by atoms with E-state index in [0.717, 1.165) is 29.6 Å². The molecule has 2 saturated heterocycles. The molecule has 2 heterocycles. The summed E-state index contributed by atoms with van der Waals surface area (Å²) in [6, 6.07) is 18.8. The number of benzene rings is 3. The lowest BCUT2D eigenvalue weighted by Crippen LogP contribution is -2.50. The number of aliphatic hydroxyl groups is 1. The number of nitrogens with zero attached hydrogens (tertiary/aromatic N) is 2. The number of rotatable bonds is 10. The van der Waals surface area contributed by atoms with Crippen LogP contribution in [-0.2, 0) is 33.7 Å². The number of aliphatic hydroxyl groups excluding tert-OH is 1. The third-order valence-corrected chi connectivity index (χ3v) is 9.58. The molecule has 5 rings (SSSR count). The van der Waals surface area contributed by atoms with E-state index in [1.54, 1.807) is 24.3 Å². The molecule has 0 radical (unpaired) electrons. The summed E-state index contributed by atoms with van der Waals surface area (Å²) in [5.74, 6) is -0.770. The Labute approximate surface area is 259 Å². The highest BCUT2D eigenvalue weighted by Gasteiger charge is 2.58. The van der Waals surface area contributed by atoms with E-state index >= 15 is 0 Å². The summed E-state index contributed by atoms with van der Waals surface area (Å²) in [7, 11) is 0. The summed E-state index contributed by atoms with van der Waals surface area (Å²) in [6.07, 6.45) is -4.81. The van der Waals surface area contributed by atoms with Gasteiger partial charge in [0.2, 0.25) is 11.8 Å². The molecule has 7 nitrogen and oxygen atoms in total. The van der Waals surface area contributed by atoms with Crippen LogP contribution in [0, 0.1) is 6.92 Å². The highest BCUT2D eigenvalue weighted by atomic mass is 32.2. The number of carbonyl (C=O) groups excluding carboxylic acids is 2. The van der Waals surface area contributed by atoms with E-state index in [0.29, 0.717) is 37.4 Å². The van der Waals surface area contributed by atoms with Gasteiger partial charge in [0.15, 0.2) is 0 Å². The Morgan fingerprint density at radius 1 is 1.05 bits per heavy atom. The van der Waals surface area contributed by atoms with E-state index in [4.69, 9.17) is 4.74 Å². The molecule has 3 aromatic carbocycles. The number of ether oxygens (including phenoxy) is 1. The summed E-state index contributed by atoms with van der Waals surface area (Å²) in [5.41, 5.74) is 1.40. The molecule has 44 heavy (non-hydrogen) atoms. The fourth-order valence-electron chi connectivity index (χ4n) is 5.83. The Morgan fingerprint density at radius 2 is 1.73 bits per heavy atom. The molecular weight excluding hydrogens is 591 g/mol. The molecule has 2 fully saturated rings. The summed E-state index contributed by atoms with van der Waals surface area (Å²) < 4.78 is 46.1. The van der Waals surface area contributed by atoms with Crippen LogP contribution >= 0.6 is 11.8 Å². The van der Waals surface area contributed by atoms with Crippen molar-refractivity contribution in [1.29, 1.82) is 0 Å². The van der Waals surface area contributed by atoms with Gasteiger partial charge >= 0.3 is 6.18 Å². The van der Waals surface area contributed by atoms with Crippen LogP contribution < -0.4 is 5.32 Å². The number of halogens is 3. The first kappa shape index (κ1) is 32.0. The van der Waals surface area contributed by atoms with Crippen molar-refractivity contribution < 1.29 is 32.6 Å². The van der Waals surface area contributed by atoms with Crippen LogP contribution in [0.1, 0.15) is 40.3 Å². The van der Waals surface area contributed by atoms with Gasteiger partial charge in [0.1, 0.15) is 4.75 Å². The molecule has 2 aliphatic rings. The van der Waals surface area contributed by atoms with Gasteiger partial charge < -0.3 is 20.1 Å². The summed E-state index contributed by atoms with van der Waals surface area (Å²) in [5, 5.41) is 12.7. The number of likely N-dealkylation sites (tertiary alicyclic amines) is 1. The van der Waals surface area contributed by atoms with Crippen molar-refractivity contribution in [2.24, 2.45) is 0 Å². The molecule has 2 aliphatic heterocycles. The van der Waals surface area contributed by atoms with Crippen LogP contribution in [0.4, 0.5) is 13.2 Å². The third kappa shape index (κ3) is 7.12. The molecule has 11 heteroatoms. The maximum atomic E-state index is 14.4. The molecule has 0 aliphatic carbocycles.